The van der Waals surface area contributed by atoms with Gasteiger partial charge >= 0.3 is 6.03 Å². The van der Waals surface area contributed by atoms with Crippen LogP contribution in [0.2, 0.25) is 0 Å². The zero-order valence-corrected chi connectivity index (χ0v) is 12.7. The van der Waals surface area contributed by atoms with Gasteiger partial charge in [0.2, 0.25) is 0 Å². The predicted octanol–water partition coefficient (Wildman–Crippen LogP) is 4.25. The number of amides is 2. The van der Waals surface area contributed by atoms with E-state index < -0.39 is 0 Å². The number of carbonyl (C=O) groups excluding carboxylic acids is 1. The number of benzene rings is 2. The molecule has 0 spiro atoms. The summed E-state index contributed by atoms with van der Waals surface area (Å²) in [5.74, 6) is 0. The molecule has 0 unspecified atom stereocenters. The van der Waals surface area contributed by atoms with Gasteiger partial charge in [-0.25, -0.2) is 9.78 Å². The maximum atomic E-state index is 11.8. The second-order valence-corrected chi connectivity index (χ2v) is 6.47. The van der Waals surface area contributed by atoms with Crippen molar-refractivity contribution >= 4 is 33.3 Å². The minimum absolute atomic E-state index is 0.135. The zero-order chi connectivity index (χ0) is 14.9. The van der Waals surface area contributed by atoms with Gasteiger partial charge in [-0.15, -0.1) is 11.3 Å². The van der Waals surface area contributed by atoms with Crippen molar-refractivity contribution in [2.75, 3.05) is 5.32 Å². The van der Waals surface area contributed by atoms with Crippen LogP contribution in [0.4, 0.5) is 10.5 Å². The molecule has 1 heterocycles. The average Bonchev–Trinajstić information content (AvgIpc) is 3.22. The number of rotatable bonds is 3. The van der Waals surface area contributed by atoms with Crippen molar-refractivity contribution in [2.45, 2.75) is 18.9 Å². The SMILES string of the molecule is O=C(Nc1cccc(-c2nc3ccccc3s2)c1)NC1CC1. The number of para-hydroxylation sites is 1. The van der Waals surface area contributed by atoms with E-state index in [-0.39, 0.29) is 6.03 Å². The summed E-state index contributed by atoms with van der Waals surface area (Å²) >= 11 is 1.66. The summed E-state index contributed by atoms with van der Waals surface area (Å²) in [7, 11) is 0. The number of anilines is 1. The number of carbonyl (C=O) groups is 1. The molecule has 1 aromatic heterocycles. The maximum absolute atomic E-state index is 11.8. The minimum atomic E-state index is -0.135. The number of aromatic nitrogens is 1. The van der Waals surface area contributed by atoms with Gasteiger partial charge in [0.1, 0.15) is 5.01 Å². The summed E-state index contributed by atoms with van der Waals surface area (Å²) in [6.07, 6.45) is 2.17. The normalized spacial score (nSPS) is 14.0. The number of nitrogens with one attached hydrogen (secondary N) is 2. The second-order valence-electron chi connectivity index (χ2n) is 5.44. The van der Waals surface area contributed by atoms with Gasteiger partial charge in [-0.1, -0.05) is 24.3 Å². The van der Waals surface area contributed by atoms with Gasteiger partial charge in [0.05, 0.1) is 10.2 Å². The van der Waals surface area contributed by atoms with Crippen LogP contribution < -0.4 is 10.6 Å². The molecule has 1 aliphatic rings. The van der Waals surface area contributed by atoms with Crippen LogP contribution in [0.3, 0.4) is 0 Å². The molecule has 5 heteroatoms. The lowest BCUT2D eigenvalue weighted by Gasteiger charge is -2.07. The lowest BCUT2D eigenvalue weighted by atomic mass is 10.2. The highest BCUT2D eigenvalue weighted by Crippen LogP contribution is 2.31. The molecule has 2 aromatic carbocycles. The highest BCUT2D eigenvalue weighted by atomic mass is 32.1. The molecule has 0 radical (unpaired) electrons. The third-order valence-electron chi connectivity index (χ3n) is 3.57. The molecule has 2 amide bonds. The van der Waals surface area contributed by atoms with Crippen LogP contribution in [0.15, 0.2) is 48.5 Å². The largest absolute Gasteiger partial charge is 0.335 e. The lowest BCUT2D eigenvalue weighted by molar-refractivity contribution is 0.251. The Kier molecular flexibility index (Phi) is 3.27. The van der Waals surface area contributed by atoms with Crippen molar-refractivity contribution in [2.24, 2.45) is 0 Å². The quantitative estimate of drug-likeness (QED) is 0.760. The number of hydrogen-bond acceptors (Lipinski definition) is 3. The molecule has 4 rings (SSSR count). The molecular formula is C17H15N3OS. The van der Waals surface area contributed by atoms with Crippen molar-refractivity contribution in [3.63, 3.8) is 0 Å². The number of fused-ring (bicyclic) bond motifs is 1. The Labute approximate surface area is 132 Å². The van der Waals surface area contributed by atoms with Crippen LogP contribution in [0.1, 0.15) is 12.8 Å². The molecule has 4 nitrogen and oxygen atoms in total. The first-order valence-corrected chi connectivity index (χ1v) is 8.13. The number of hydrogen-bond donors (Lipinski definition) is 2. The lowest BCUT2D eigenvalue weighted by Crippen LogP contribution is -2.30. The van der Waals surface area contributed by atoms with E-state index in [0.29, 0.717) is 6.04 Å². The first-order chi connectivity index (χ1) is 10.8. The van der Waals surface area contributed by atoms with Crippen molar-refractivity contribution in [3.05, 3.63) is 48.5 Å². The molecule has 22 heavy (non-hydrogen) atoms. The molecule has 0 aliphatic heterocycles. The van der Waals surface area contributed by atoms with Gasteiger partial charge in [0.15, 0.2) is 0 Å². The van der Waals surface area contributed by atoms with Crippen molar-refractivity contribution in [1.29, 1.82) is 0 Å². The predicted molar refractivity (Wildman–Crippen MR) is 90.2 cm³/mol. The summed E-state index contributed by atoms with van der Waals surface area (Å²) in [6.45, 7) is 0. The van der Waals surface area contributed by atoms with E-state index in [9.17, 15) is 4.79 Å². The fourth-order valence-corrected chi connectivity index (χ4v) is 3.27. The van der Waals surface area contributed by atoms with E-state index >= 15 is 0 Å². The Hall–Kier alpha value is -2.40. The topological polar surface area (TPSA) is 54.0 Å². The average molecular weight is 309 g/mol. The highest BCUT2D eigenvalue weighted by molar-refractivity contribution is 7.21. The third-order valence-corrected chi connectivity index (χ3v) is 4.66. The standard InChI is InChI=1S/C17H15N3OS/c21-17(18-12-8-9-12)19-13-5-3-4-11(10-13)16-20-14-6-1-2-7-15(14)22-16/h1-7,10,12H,8-9H2,(H2,18,19,21). The summed E-state index contributed by atoms with van der Waals surface area (Å²) in [4.78, 5) is 16.5. The molecular weight excluding hydrogens is 294 g/mol. The first-order valence-electron chi connectivity index (χ1n) is 7.31. The molecule has 0 saturated heterocycles. The van der Waals surface area contributed by atoms with Gasteiger partial charge in [-0.05, 0) is 37.1 Å². The summed E-state index contributed by atoms with van der Waals surface area (Å²) < 4.78 is 1.17. The number of thiazole rings is 1. The van der Waals surface area contributed by atoms with Gasteiger partial charge < -0.3 is 10.6 Å². The molecule has 2 N–H and O–H groups in total. The van der Waals surface area contributed by atoms with Crippen molar-refractivity contribution in [3.8, 4) is 10.6 Å². The van der Waals surface area contributed by atoms with Gasteiger partial charge in [-0.2, -0.15) is 0 Å². The Morgan fingerprint density at radius 2 is 2.00 bits per heavy atom. The maximum Gasteiger partial charge on any atom is 0.319 e. The van der Waals surface area contributed by atoms with Crippen LogP contribution >= 0.6 is 11.3 Å². The van der Waals surface area contributed by atoms with Gasteiger partial charge in [0.25, 0.3) is 0 Å². The first kappa shape index (κ1) is 13.3. The molecule has 1 aliphatic carbocycles. The Bertz CT molecular complexity index is 806. The Morgan fingerprint density at radius 1 is 1.14 bits per heavy atom. The smallest absolute Gasteiger partial charge is 0.319 e. The Balaban J connectivity index is 1.58. The van der Waals surface area contributed by atoms with E-state index in [1.807, 2.05) is 42.5 Å². The van der Waals surface area contributed by atoms with Crippen LogP contribution in [-0.4, -0.2) is 17.1 Å². The van der Waals surface area contributed by atoms with Crippen LogP contribution in [0.5, 0.6) is 0 Å². The van der Waals surface area contributed by atoms with Gasteiger partial charge in [-0.3, -0.25) is 0 Å². The third kappa shape index (κ3) is 2.80. The fraction of sp³-hybridized carbons (Fsp3) is 0.176. The van der Waals surface area contributed by atoms with E-state index in [2.05, 4.69) is 21.7 Å². The molecule has 1 fully saturated rings. The van der Waals surface area contributed by atoms with Crippen molar-refractivity contribution < 1.29 is 4.79 Å². The van der Waals surface area contributed by atoms with E-state index in [1.54, 1.807) is 11.3 Å². The molecule has 1 saturated carbocycles. The van der Waals surface area contributed by atoms with E-state index in [0.717, 1.165) is 34.6 Å². The number of urea groups is 1. The van der Waals surface area contributed by atoms with Crippen molar-refractivity contribution in [1.82, 2.24) is 10.3 Å². The monoisotopic (exact) mass is 309 g/mol. The van der Waals surface area contributed by atoms with Crippen LogP contribution in [0, 0.1) is 0 Å². The summed E-state index contributed by atoms with van der Waals surface area (Å²) in [5.41, 5.74) is 2.81. The second kappa shape index (κ2) is 5.42. The Morgan fingerprint density at radius 3 is 2.82 bits per heavy atom. The molecule has 0 bridgehead atoms. The molecule has 3 aromatic rings. The fourth-order valence-electron chi connectivity index (χ4n) is 2.31. The van der Waals surface area contributed by atoms with E-state index in [4.69, 9.17) is 0 Å². The van der Waals surface area contributed by atoms with Gasteiger partial charge in [0, 0.05) is 17.3 Å². The highest BCUT2D eigenvalue weighted by Gasteiger charge is 2.23. The van der Waals surface area contributed by atoms with E-state index in [1.165, 1.54) is 4.70 Å². The van der Waals surface area contributed by atoms with Crippen LogP contribution in [0.25, 0.3) is 20.8 Å². The zero-order valence-electron chi connectivity index (χ0n) is 11.9. The minimum Gasteiger partial charge on any atom is -0.335 e. The molecule has 0 atom stereocenters. The van der Waals surface area contributed by atoms with Crippen LogP contribution in [-0.2, 0) is 0 Å². The summed E-state index contributed by atoms with van der Waals surface area (Å²) in [5, 5.41) is 6.77. The number of nitrogens with zero attached hydrogens (tertiary/aromatic N) is 1. The summed E-state index contributed by atoms with van der Waals surface area (Å²) in [6, 6.07) is 16.1. The molecule has 110 valence electrons.